The summed E-state index contributed by atoms with van der Waals surface area (Å²) in [5.41, 5.74) is 0.836. The van der Waals surface area contributed by atoms with Crippen LogP contribution in [0.5, 0.6) is 0 Å². The van der Waals surface area contributed by atoms with Gasteiger partial charge in [0.15, 0.2) is 6.61 Å². The zero-order valence-corrected chi connectivity index (χ0v) is 6.24. The van der Waals surface area contributed by atoms with Crippen LogP contribution in [0.4, 0.5) is 0 Å². The first-order valence-electron chi connectivity index (χ1n) is 3.58. The Labute approximate surface area is 69.0 Å². The van der Waals surface area contributed by atoms with Crippen LogP contribution >= 0.6 is 0 Å². The van der Waals surface area contributed by atoms with Gasteiger partial charge in [0.25, 0.3) is 0 Å². The molecular weight excluding hydrogens is 156 g/mol. The Kier molecular flexibility index (Phi) is 1.43. The second kappa shape index (κ2) is 2.44. The minimum absolute atomic E-state index is 0.129. The Bertz CT molecular complexity index is 320. The van der Waals surface area contributed by atoms with Crippen LogP contribution in [0.1, 0.15) is 20.7 Å². The Morgan fingerprint density at radius 1 is 1.08 bits per heavy atom. The number of Topliss-reactive ketones (excluding diaryl/α,β-unsaturated/α-hetero) is 1. The second-order valence-electron chi connectivity index (χ2n) is 2.54. The van der Waals surface area contributed by atoms with Gasteiger partial charge in [-0.3, -0.25) is 4.79 Å². The topological polar surface area (TPSA) is 43.4 Å². The van der Waals surface area contributed by atoms with Crippen LogP contribution in [0.25, 0.3) is 0 Å². The van der Waals surface area contributed by atoms with Crippen molar-refractivity contribution in [1.82, 2.24) is 0 Å². The third kappa shape index (κ3) is 0.906. The zero-order chi connectivity index (χ0) is 8.55. The lowest BCUT2D eigenvalue weighted by Gasteiger charge is -2.13. The van der Waals surface area contributed by atoms with Crippen molar-refractivity contribution in [3.05, 3.63) is 35.4 Å². The highest BCUT2D eigenvalue weighted by Crippen LogP contribution is 2.15. The molecule has 12 heavy (non-hydrogen) atoms. The Balaban J connectivity index is 2.62. The van der Waals surface area contributed by atoms with E-state index in [-0.39, 0.29) is 12.4 Å². The molecule has 3 heteroatoms. The average molecular weight is 162 g/mol. The van der Waals surface area contributed by atoms with Crippen LogP contribution in [-0.4, -0.2) is 18.4 Å². The van der Waals surface area contributed by atoms with Crippen molar-refractivity contribution < 1.29 is 14.3 Å². The number of ether oxygens (including phenoxy) is 1. The summed E-state index contributed by atoms with van der Waals surface area (Å²) in [6.07, 6.45) is 0. The third-order valence-electron chi connectivity index (χ3n) is 1.78. The van der Waals surface area contributed by atoms with E-state index in [9.17, 15) is 9.59 Å². The van der Waals surface area contributed by atoms with E-state index < -0.39 is 5.97 Å². The largest absolute Gasteiger partial charge is 0.454 e. The van der Waals surface area contributed by atoms with Crippen molar-refractivity contribution >= 4 is 11.8 Å². The van der Waals surface area contributed by atoms with E-state index in [4.69, 9.17) is 0 Å². The number of carbonyl (C=O) groups excluding carboxylic acids is 2. The predicted octanol–water partition coefficient (Wildman–Crippen LogP) is 1.04. The Morgan fingerprint density at radius 2 is 1.75 bits per heavy atom. The highest BCUT2D eigenvalue weighted by atomic mass is 16.5. The molecule has 60 valence electrons. The van der Waals surface area contributed by atoms with E-state index in [1.807, 2.05) is 0 Å². The molecule has 1 heterocycles. The van der Waals surface area contributed by atoms with Crippen molar-refractivity contribution in [2.75, 3.05) is 6.61 Å². The quantitative estimate of drug-likeness (QED) is 0.535. The normalized spacial score (nSPS) is 15.3. The first-order chi connectivity index (χ1) is 5.79. The van der Waals surface area contributed by atoms with Crippen molar-refractivity contribution in [2.24, 2.45) is 0 Å². The molecule has 1 aromatic rings. The van der Waals surface area contributed by atoms with Gasteiger partial charge >= 0.3 is 5.97 Å². The van der Waals surface area contributed by atoms with E-state index in [1.165, 1.54) is 0 Å². The molecule has 0 amide bonds. The molecule has 0 spiro atoms. The molecule has 0 unspecified atom stereocenters. The molecule has 0 fully saturated rings. The fraction of sp³-hybridized carbons (Fsp3) is 0.111. The molecular formula is C9H6O3. The van der Waals surface area contributed by atoms with Gasteiger partial charge in [-0.2, -0.15) is 0 Å². The maximum atomic E-state index is 11.2. The molecule has 0 bridgehead atoms. The molecule has 0 saturated heterocycles. The summed E-state index contributed by atoms with van der Waals surface area (Å²) in [5.74, 6) is -0.546. The molecule has 1 aromatic carbocycles. The highest BCUT2D eigenvalue weighted by Gasteiger charge is 2.23. The lowest BCUT2D eigenvalue weighted by molar-refractivity contribution is 0.0443. The third-order valence-corrected chi connectivity index (χ3v) is 1.78. The highest BCUT2D eigenvalue weighted by molar-refractivity contribution is 6.10. The molecule has 1 aliphatic heterocycles. The molecule has 0 aliphatic carbocycles. The lowest BCUT2D eigenvalue weighted by atomic mass is 10.0. The monoisotopic (exact) mass is 162 g/mol. The van der Waals surface area contributed by atoms with E-state index in [1.54, 1.807) is 24.3 Å². The molecule has 1 aliphatic rings. The minimum atomic E-state index is -0.412. The summed E-state index contributed by atoms with van der Waals surface area (Å²) in [5, 5.41) is 0. The van der Waals surface area contributed by atoms with E-state index in [0.29, 0.717) is 11.1 Å². The SMILES string of the molecule is O=C1COC(=O)c2ccccc21. The number of hydrogen-bond donors (Lipinski definition) is 0. The molecule has 0 radical (unpaired) electrons. The number of benzene rings is 1. The van der Waals surface area contributed by atoms with E-state index in [0.717, 1.165) is 0 Å². The first-order valence-corrected chi connectivity index (χ1v) is 3.58. The maximum absolute atomic E-state index is 11.2. The molecule has 3 nitrogen and oxygen atoms in total. The number of ketones is 1. The smallest absolute Gasteiger partial charge is 0.339 e. The molecule has 2 rings (SSSR count). The molecule has 0 N–H and O–H groups in total. The Morgan fingerprint density at radius 3 is 2.42 bits per heavy atom. The van der Waals surface area contributed by atoms with Gasteiger partial charge in [0.1, 0.15) is 0 Å². The standard InChI is InChI=1S/C9H6O3/c10-8-5-12-9(11)7-4-2-1-3-6(7)8/h1-4H,5H2. The van der Waals surface area contributed by atoms with Crippen molar-refractivity contribution in [1.29, 1.82) is 0 Å². The number of fused-ring (bicyclic) bond motifs is 1. The second-order valence-corrected chi connectivity index (χ2v) is 2.54. The van der Waals surface area contributed by atoms with Crippen LogP contribution in [0.3, 0.4) is 0 Å². The number of hydrogen-bond acceptors (Lipinski definition) is 3. The fourth-order valence-corrected chi connectivity index (χ4v) is 1.19. The van der Waals surface area contributed by atoms with Gasteiger partial charge in [0.2, 0.25) is 5.78 Å². The van der Waals surface area contributed by atoms with E-state index in [2.05, 4.69) is 4.74 Å². The molecule has 0 aromatic heterocycles. The van der Waals surface area contributed by atoms with E-state index >= 15 is 0 Å². The van der Waals surface area contributed by atoms with Gasteiger partial charge in [-0.1, -0.05) is 18.2 Å². The number of esters is 1. The predicted molar refractivity (Wildman–Crippen MR) is 41.1 cm³/mol. The number of cyclic esters (lactones) is 1. The number of carbonyl (C=O) groups is 2. The van der Waals surface area contributed by atoms with Crippen LogP contribution in [0.2, 0.25) is 0 Å². The van der Waals surface area contributed by atoms with Gasteiger partial charge in [-0.25, -0.2) is 4.79 Å². The zero-order valence-electron chi connectivity index (χ0n) is 6.24. The minimum Gasteiger partial charge on any atom is -0.454 e. The lowest BCUT2D eigenvalue weighted by Crippen LogP contribution is -2.23. The van der Waals surface area contributed by atoms with Gasteiger partial charge in [-0.15, -0.1) is 0 Å². The summed E-state index contributed by atoms with van der Waals surface area (Å²) < 4.78 is 4.63. The Hall–Kier alpha value is -1.64. The first kappa shape index (κ1) is 7.03. The van der Waals surface area contributed by atoms with Crippen LogP contribution in [0, 0.1) is 0 Å². The van der Waals surface area contributed by atoms with Gasteiger partial charge in [-0.05, 0) is 6.07 Å². The molecule has 0 saturated carbocycles. The van der Waals surface area contributed by atoms with Crippen molar-refractivity contribution in [2.45, 2.75) is 0 Å². The average Bonchev–Trinajstić information content (AvgIpc) is 2.12. The summed E-state index contributed by atoms with van der Waals surface area (Å²) in [4.78, 5) is 22.2. The van der Waals surface area contributed by atoms with Gasteiger partial charge in [0, 0.05) is 5.56 Å². The maximum Gasteiger partial charge on any atom is 0.339 e. The van der Waals surface area contributed by atoms with Gasteiger partial charge < -0.3 is 4.74 Å². The van der Waals surface area contributed by atoms with Crippen LogP contribution in [0.15, 0.2) is 24.3 Å². The van der Waals surface area contributed by atoms with Gasteiger partial charge in [0.05, 0.1) is 5.56 Å². The molecule has 0 atom stereocenters. The van der Waals surface area contributed by atoms with Crippen molar-refractivity contribution in [3.8, 4) is 0 Å². The van der Waals surface area contributed by atoms with Crippen LogP contribution < -0.4 is 0 Å². The van der Waals surface area contributed by atoms with Crippen LogP contribution in [-0.2, 0) is 4.74 Å². The fourth-order valence-electron chi connectivity index (χ4n) is 1.19. The summed E-state index contributed by atoms with van der Waals surface area (Å²) >= 11 is 0. The summed E-state index contributed by atoms with van der Waals surface area (Å²) in [7, 11) is 0. The number of rotatable bonds is 0. The van der Waals surface area contributed by atoms with Crippen molar-refractivity contribution in [3.63, 3.8) is 0 Å². The summed E-state index contributed by atoms with van der Waals surface area (Å²) in [6.45, 7) is -0.129. The summed E-state index contributed by atoms with van der Waals surface area (Å²) in [6, 6.07) is 6.67.